The fraction of sp³-hybridized carbons (Fsp3) is 0.0946. The van der Waals surface area contributed by atoms with Crippen molar-refractivity contribution in [2.24, 2.45) is 0 Å². The van der Waals surface area contributed by atoms with Crippen molar-refractivity contribution in [3.8, 4) is 78.5 Å². The molecule has 422 valence electrons. The molecule has 9 heteroatoms. The molecule has 0 unspecified atom stereocenters. The minimum absolute atomic E-state index is 0. The Balaban J connectivity index is 0.000000220. The SMILES string of the molecule is CO.CO.Cc1cccc(-c2[c-]cc(-c3ccccc3)cc2)n1.Cc1cccc(-c2[c-]cccc2)n1.Cc1cccc(-c2[c-]cccc2)n1.Cc1cccc(-c2[c-]cccc2)n1.Cc1cccc(-c2ccc(-c3ccccc3)cc2)n1.[Ir].[Ir]. The van der Waals surface area contributed by atoms with E-state index in [0.29, 0.717) is 0 Å². The van der Waals surface area contributed by atoms with E-state index < -0.39 is 0 Å². The third-order valence-corrected chi connectivity index (χ3v) is 11.9. The topological polar surface area (TPSA) is 105 Å². The van der Waals surface area contributed by atoms with Gasteiger partial charge >= 0.3 is 0 Å². The van der Waals surface area contributed by atoms with Crippen LogP contribution in [0.2, 0.25) is 0 Å². The van der Waals surface area contributed by atoms with E-state index >= 15 is 0 Å². The van der Waals surface area contributed by atoms with Crippen molar-refractivity contribution >= 4 is 0 Å². The molecule has 0 bridgehead atoms. The summed E-state index contributed by atoms with van der Waals surface area (Å²) in [4.78, 5) is 22.3. The van der Waals surface area contributed by atoms with Crippen LogP contribution in [0.25, 0.3) is 78.5 Å². The fourth-order valence-electron chi connectivity index (χ4n) is 7.99. The predicted molar refractivity (Wildman–Crippen MR) is 335 cm³/mol. The maximum absolute atomic E-state index is 7.00. The summed E-state index contributed by atoms with van der Waals surface area (Å²) in [5, 5.41) is 14.0. The number of hydrogen-bond acceptors (Lipinski definition) is 7. The standard InChI is InChI=1S/C18H15N.C18H14N.3C12H10N.2CH4O.2Ir/c2*1-14-6-5-9-18(19-14)17-12-10-16(11-13-17)15-7-3-2-4-8-15;3*1-10-6-5-9-12(13-10)11-7-3-2-4-8-11;2*1-2;;/h2-13H,1H3;2-12H,1H3;3*2-7,9H,1H3;2*2H,1H3;;/q;4*-1;;;;. The molecule has 12 rings (SSSR count). The summed E-state index contributed by atoms with van der Waals surface area (Å²) >= 11 is 0. The van der Waals surface area contributed by atoms with Crippen LogP contribution in [0.4, 0.5) is 0 Å². The minimum Gasteiger partial charge on any atom is -0.400 e. The van der Waals surface area contributed by atoms with E-state index in [9.17, 15) is 0 Å². The van der Waals surface area contributed by atoms with Gasteiger partial charge in [-0.25, -0.2) is 0 Å². The average molecular weight is 1440 g/mol. The summed E-state index contributed by atoms with van der Waals surface area (Å²) < 4.78 is 0. The van der Waals surface area contributed by atoms with Crippen molar-refractivity contribution in [3.05, 3.63) is 320 Å². The van der Waals surface area contributed by atoms with E-state index in [-0.39, 0.29) is 40.2 Å². The van der Waals surface area contributed by atoms with Gasteiger partial charge in [0.2, 0.25) is 0 Å². The summed E-state index contributed by atoms with van der Waals surface area (Å²) in [5.41, 5.74) is 20.3. The van der Waals surface area contributed by atoms with Gasteiger partial charge in [0.1, 0.15) is 0 Å². The van der Waals surface area contributed by atoms with Crippen LogP contribution in [0.3, 0.4) is 0 Å². The second kappa shape index (κ2) is 37.5. The molecule has 2 N–H and O–H groups in total. The van der Waals surface area contributed by atoms with Crippen molar-refractivity contribution in [3.63, 3.8) is 0 Å². The van der Waals surface area contributed by atoms with E-state index in [2.05, 4.69) is 122 Å². The van der Waals surface area contributed by atoms with Gasteiger partial charge in [-0.1, -0.05) is 151 Å². The first-order valence-corrected chi connectivity index (χ1v) is 26.5. The molecule has 2 radical (unpaired) electrons. The van der Waals surface area contributed by atoms with Crippen LogP contribution >= 0.6 is 0 Å². The number of aliphatic hydroxyl groups excluding tert-OH is 2. The molecule has 7 nitrogen and oxygen atoms in total. The third-order valence-electron chi connectivity index (χ3n) is 11.9. The van der Waals surface area contributed by atoms with Gasteiger partial charge in [-0.3, -0.25) is 4.98 Å². The molecule has 0 spiro atoms. The van der Waals surface area contributed by atoms with Crippen molar-refractivity contribution in [1.82, 2.24) is 24.9 Å². The van der Waals surface area contributed by atoms with E-state index in [1.165, 1.54) is 22.3 Å². The molecule has 7 aromatic carbocycles. The number of pyridine rings is 5. The van der Waals surface area contributed by atoms with Crippen LogP contribution in [-0.4, -0.2) is 49.4 Å². The first kappa shape index (κ1) is 67.0. The second-order valence-electron chi connectivity index (χ2n) is 18.0. The summed E-state index contributed by atoms with van der Waals surface area (Å²) in [6.07, 6.45) is 0. The Morgan fingerprint density at radius 1 is 0.229 bits per heavy atom. The molecule has 0 aliphatic rings. The number of rotatable bonds is 7. The van der Waals surface area contributed by atoms with E-state index in [0.717, 1.165) is 99.0 Å². The molecule has 0 aliphatic heterocycles. The summed E-state index contributed by atoms with van der Waals surface area (Å²) in [5.74, 6) is 0. The van der Waals surface area contributed by atoms with Crippen molar-refractivity contribution in [2.45, 2.75) is 34.6 Å². The number of hydrogen-bond donors (Lipinski definition) is 2. The molecule has 83 heavy (non-hydrogen) atoms. The van der Waals surface area contributed by atoms with Crippen LogP contribution in [0.1, 0.15) is 28.5 Å². The van der Waals surface area contributed by atoms with Gasteiger partial charge in [0.15, 0.2) is 0 Å². The van der Waals surface area contributed by atoms with E-state index in [1.807, 2.05) is 229 Å². The smallest absolute Gasteiger partial charge is 0.0705 e. The predicted octanol–water partition coefficient (Wildman–Crippen LogP) is 17.0. The molecular formula is C74H67Ir2N5O2-4. The van der Waals surface area contributed by atoms with Gasteiger partial charge in [0.05, 0.1) is 5.69 Å². The van der Waals surface area contributed by atoms with Gasteiger partial charge in [-0.2, -0.15) is 0 Å². The first-order chi connectivity index (χ1) is 39.7. The number of aliphatic hydroxyl groups is 2. The number of aromatic nitrogens is 5. The molecule has 0 saturated heterocycles. The molecule has 5 aromatic heterocycles. The summed E-state index contributed by atoms with van der Waals surface area (Å²) in [6.45, 7) is 10.00. The van der Waals surface area contributed by atoms with Crippen LogP contribution in [0.15, 0.2) is 267 Å². The zero-order valence-electron chi connectivity index (χ0n) is 47.7. The molecule has 0 fully saturated rings. The van der Waals surface area contributed by atoms with Crippen LogP contribution in [0, 0.1) is 58.9 Å². The summed E-state index contributed by atoms with van der Waals surface area (Å²) in [6, 6.07) is 102. The van der Waals surface area contributed by atoms with Crippen molar-refractivity contribution in [2.75, 3.05) is 14.2 Å². The van der Waals surface area contributed by atoms with Gasteiger partial charge in [0, 0.05) is 88.5 Å². The molecule has 0 saturated carbocycles. The van der Waals surface area contributed by atoms with Gasteiger partial charge in [0.25, 0.3) is 0 Å². The quantitative estimate of drug-likeness (QED) is 0.153. The van der Waals surface area contributed by atoms with Gasteiger partial charge in [-0.05, 0) is 105 Å². The molecule has 12 aromatic rings. The largest absolute Gasteiger partial charge is 0.400 e. The Kier molecular flexibility index (Phi) is 30.3. The van der Waals surface area contributed by atoms with Crippen LogP contribution in [-0.2, 0) is 40.2 Å². The Morgan fingerprint density at radius 2 is 0.494 bits per heavy atom. The van der Waals surface area contributed by atoms with Crippen molar-refractivity contribution in [1.29, 1.82) is 0 Å². The minimum atomic E-state index is 0. The van der Waals surface area contributed by atoms with E-state index in [1.54, 1.807) is 0 Å². The van der Waals surface area contributed by atoms with Crippen LogP contribution < -0.4 is 0 Å². The fourth-order valence-corrected chi connectivity index (χ4v) is 7.99. The Morgan fingerprint density at radius 3 is 0.795 bits per heavy atom. The molecule has 0 atom stereocenters. The molecular weight excluding hydrogens is 1380 g/mol. The van der Waals surface area contributed by atoms with Crippen LogP contribution in [0.5, 0.6) is 0 Å². The monoisotopic (exact) mass is 1440 g/mol. The normalized spacial score (nSPS) is 9.55. The summed E-state index contributed by atoms with van der Waals surface area (Å²) in [7, 11) is 2.00. The molecule has 0 amide bonds. The number of nitrogens with zero attached hydrogens (tertiary/aromatic N) is 5. The zero-order chi connectivity index (χ0) is 57.4. The average Bonchev–Trinajstić information content (AvgIpc) is 3.54. The van der Waals surface area contributed by atoms with Gasteiger partial charge in [-0.15, -0.1) is 138 Å². The third kappa shape index (κ3) is 22.4. The van der Waals surface area contributed by atoms with Crippen molar-refractivity contribution < 1.29 is 50.4 Å². The molecule has 5 heterocycles. The second-order valence-corrected chi connectivity index (χ2v) is 18.0. The van der Waals surface area contributed by atoms with Gasteiger partial charge < -0.3 is 30.1 Å². The molecule has 0 aliphatic carbocycles. The number of aryl methyl sites for hydroxylation is 5. The first-order valence-electron chi connectivity index (χ1n) is 26.5. The zero-order valence-corrected chi connectivity index (χ0v) is 52.5. The Bertz CT molecular complexity index is 3350. The maximum atomic E-state index is 7.00. The number of benzene rings is 7. The Hall–Kier alpha value is -8.49. The maximum Gasteiger partial charge on any atom is 0.0705 e. The Labute approximate surface area is 518 Å². The van der Waals surface area contributed by atoms with E-state index in [4.69, 9.17) is 10.2 Å².